The third kappa shape index (κ3) is 3.67. The normalized spacial score (nSPS) is 19.5. The molecule has 0 radical (unpaired) electrons. The van der Waals surface area contributed by atoms with Gasteiger partial charge in [-0.05, 0) is 12.8 Å². The minimum atomic E-state index is -0.110. The van der Waals surface area contributed by atoms with Gasteiger partial charge in [-0.25, -0.2) is 0 Å². The number of hydrogen-bond acceptors (Lipinski definition) is 2. The van der Waals surface area contributed by atoms with Crippen LogP contribution in [0.15, 0.2) is 0 Å². The molecular weight excluding hydrogens is 140 g/mol. The van der Waals surface area contributed by atoms with E-state index in [1.54, 1.807) is 0 Å². The Morgan fingerprint density at radius 2 is 2.09 bits per heavy atom. The predicted molar refractivity (Wildman–Crippen MR) is 41.8 cm³/mol. The van der Waals surface area contributed by atoms with E-state index in [1.807, 2.05) is 0 Å². The summed E-state index contributed by atoms with van der Waals surface area (Å²) in [6, 6.07) is 0. The maximum atomic E-state index is 10.8. The molecule has 0 atom stereocenters. The lowest BCUT2D eigenvalue weighted by Crippen LogP contribution is -2.04. The van der Waals surface area contributed by atoms with Crippen molar-refractivity contribution in [2.24, 2.45) is 0 Å². The molecule has 60 valence electrons. The molecule has 2 nitrogen and oxygen atoms in total. The summed E-state index contributed by atoms with van der Waals surface area (Å²) in [4.78, 5) is 10.8. The van der Waals surface area contributed by atoms with Crippen LogP contribution in [0.3, 0.4) is 0 Å². The summed E-state index contributed by atoms with van der Waals surface area (Å²) in [5.41, 5.74) is 0. The SMILES string of the molecule is O=C1CCCCCC#CCO1. The fourth-order valence-corrected chi connectivity index (χ4v) is 0.988. The highest BCUT2D eigenvalue weighted by molar-refractivity contribution is 5.69. The van der Waals surface area contributed by atoms with E-state index in [0.29, 0.717) is 6.42 Å². The Kier molecular flexibility index (Phi) is 3.54. The predicted octanol–water partition coefficient (Wildman–Crippen LogP) is 1.50. The van der Waals surface area contributed by atoms with Crippen molar-refractivity contribution in [3.8, 4) is 11.8 Å². The van der Waals surface area contributed by atoms with Gasteiger partial charge in [0.1, 0.15) is 0 Å². The molecule has 1 aliphatic heterocycles. The quantitative estimate of drug-likeness (QED) is 0.388. The zero-order valence-corrected chi connectivity index (χ0v) is 6.56. The van der Waals surface area contributed by atoms with Gasteiger partial charge < -0.3 is 4.74 Å². The third-order valence-electron chi connectivity index (χ3n) is 1.61. The van der Waals surface area contributed by atoms with Crippen LogP contribution in [0, 0.1) is 11.8 Å². The van der Waals surface area contributed by atoms with Crippen LogP contribution >= 0.6 is 0 Å². The molecule has 11 heavy (non-hydrogen) atoms. The van der Waals surface area contributed by atoms with Crippen LogP contribution in [0.4, 0.5) is 0 Å². The van der Waals surface area contributed by atoms with E-state index >= 15 is 0 Å². The van der Waals surface area contributed by atoms with E-state index in [4.69, 9.17) is 4.74 Å². The van der Waals surface area contributed by atoms with Crippen LogP contribution in [0.5, 0.6) is 0 Å². The van der Waals surface area contributed by atoms with Crippen molar-refractivity contribution in [2.75, 3.05) is 6.61 Å². The maximum absolute atomic E-state index is 10.8. The smallest absolute Gasteiger partial charge is 0.306 e. The van der Waals surface area contributed by atoms with Gasteiger partial charge in [-0.1, -0.05) is 18.3 Å². The number of carbonyl (C=O) groups excluding carboxylic acids is 1. The summed E-state index contributed by atoms with van der Waals surface area (Å²) in [5.74, 6) is 5.63. The average molecular weight is 152 g/mol. The molecule has 0 aromatic carbocycles. The Morgan fingerprint density at radius 1 is 1.18 bits per heavy atom. The third-order valence-corrected chi connectivity index (χ3v) is 1.61. The van der Waals surface area contributed by atoms with Gasteiger partial charge in [0, 0.05) is 12.8 Å². The van der Waals surface area contributed by atoms with Gasteiger partial charge in [-0.3, -0.25) is 4.79 Å². The van der Waals surface area contributed by atoms with Crippen molar-refractivity contribution >= 4 is 5.97 Å². The molecule has 0 fully saturated rings. The maximum Gasteiger partial charge on any atom is 0.306 e. The van der Waals surface area contributed by atoms with Gasteiger partial charge in [0.05, 0.1) is 0 Å². The molecule has 0 aromatic rings. The van der Waals surface area contributed by atoms with Crippen LogP contribution in [0.2, 0.25) is 0 Å². The van der Waals surface area contributed by atoms with Crippen LogP contribution in [-0.4, -0.2) is 12.6 Å². The van der Waals surface area contributed by atoms with Gasteiger partial charge in [0.2, 0.25) is 0 Å². The molecule has 0 aromatic heterocycles. The standard InChI is InChI=1S/C9H12O2/c10-9-7-5-3-1-2-4-6-8-11-9/h1-3,5,7-8H2. The van der Waals surface area contributed by atoms with Gasteiger partial charge in [0.25, 0.3) is 0 Å². The summed E-state index contributed by atoms with van der Waals surface area (Å²) >= 11 is 0. The van der Waals surface area contributed by atoms with Crippen molar-refractivity contribution in [3.63, 3.8) is 0 Å². The van der Waals surface area contributed by atoms with Crippen molar-refractivity contribution in [1.29, 1.82) is 0 Å². The molecule has 0 saturated carbocycles. The number of carbonyl (C=O) groups is 1. The molecular formula is C9H12O2. The Hall–Kier alpha value is -0.970. The number of cyclic esters (lactones) is 1. The number of rotatable bonds is 0. The molecule has 1 heterocycles. The molecule has 0 bridgehead atoms. The summed E-state index contributed by atoms with van der Waals surface area (Å²) in [6.07, 6.45) is 4.64. The fourth-order valence-electron chi connectivity index (χ4n) is 0.988. The topological polar surface area (TPSA) is 26.3 Å². The zero-order valence-electron chi connectivity index (χ0n) is 6.56. The highest BCUT2D eigenvalue weighted by Gasteiger charge is 2.01. The number of ether oxygens (including phenoxy) is 1. The molecule has 2 heteroatoms. The largest absolute Gasteiger partial charge is 0.452 e. The molecule has 1 rings (SSSR count). The first kappa shape index (κ1) is 8.13. The zero-order chi connectivity index (χ0) is 7.94. The van der Waals surface area contributed by atoms with E-state index in [2.05, 4.69) is 11.8 Å². The van der Waals surface area contributed by atoms with Crippen molar-refractivity contribution < 1.29 is 9.53 Å². The van der Waals surface area contributed by atoms with Gasteiger partial charge in [-0.2, -0.15) is 0 Å². The first-order valence-corrected chi connectivity index (χ1v) is 4.01. The lowest BCUT2D eigenvalue weighted by Gasteiger charge is -2.01. The molecule has 1 aliphatic rings. The highest BCUT2D eigenvalue weighted by Crippen LogP contribution is 2.04. The summed E-state index contributed by atoms with van der Waals surface area (Å²) in [5, 5.41) is 0. The fraction of sp³-hybridized carbons (Fsp3) is 0.667. The Morgan fingerprint density at radius 3 is 3.00 bits per heavy atom. The van der Waals surface area contributed by atoms with Gasteiger partial charge >= 0.3 is 5.97 Å². The van der Waals surface area contributed by atoms with Gasteiger partial charge in [-0.15, -0.1) is 0 Å². The van der Waals surface area contributed by atoms with E-state index in [1.165, 1.54) is 0 Å². The second-order valence-corrected chi connectivity index (χ2v) is 2.57. The lowest BCUT2D eigenvalue weighted by atomic mass is 10.1. The molecule has 0 amide bonds. The lowest BCUT2D eigenvalue weighted by molar-refractivity contribution is -0.142. The minimum absolute atomic E-state index is 0.110. The second-order valence-electron chi connectivity index (χ2n) is 2.57. The van der Waals surface area contributed by atoms with Crippen molar-refractivity contribution in [2.45, 2.75) is 32.1 Å². The van der Waals surface area contributed by atoms with Crippen LogP contribution in [0.25, 0.3) is 0 Å². The first-order valence-electron chi connectivity index (χ1n) is 4.01. The Bertz CT molecular complexity index is 185. The molecule has 0 spiro atoms. The molecule has 0 saturated heterocycles. The average Bonchev–Trinajstić information content (AvgIpc) is 2.03. The number of hydrogen-bond donors (Lipinski definition) is 0. The molecule has 0 aliphatic carbocycles. The second kappa shape index (κ2) is 4.79. The Labute approximate surface area is 66.9 Å². The summed E-state index contributed by atoms with van der Waals surface area (Å²) in [6.45, 7) is 0.277. The highest BCUT2D eigenvalue weighted by atomic mass is 16.5. The monoisotopic (exact) mass is 152 g/mol. The van der Waals surface area contributed by atoms with E-state index in [-0.39, 0.29) is 12.6 Å². The summed E-state index contributed by atoms with van der Waals surface area (Å²) < 4.78 is 4.81. The van der Waals surface area contributed by atoms with Crippen LogP contribution in [-0.2, 0) is 9.53 Å². The Balaban J connectivity index is 2.34. The summed E-state index contributed by atoms with van der Waals surface area (Å²) in [7, 11) is 0. The molecule has 0 unspecified atom stereocenters. The minimum Gasteiger partial charge on any atom is -0.452 e. The van der Waals surface area contributed by atoms with Crippen LogP contribution in [0.1, 0.15) is 32.1 Å². The first-order chi connectivity index (χ1) is 5.39. The van der Waals surface area contributed by atoms with E-state index < -0.39 is 0 Å². The van der Waals surface area contributed by atoms with Gasteiger partial charge in [0.15, 0.2) is 6.61 Å². The van der Waals surface area contributed by atoms with E-state index in [0.717, 1.165) is 25.7 Å². The van der Waals surface area contributed by atoms with Crippen molar-refractivity contribution in [1.82, 2.24) is 0 Å². The van der Waals surface area contributed by atoms with Crippen molar-refractivity contribution in [3.05, 3.63) is 0 Å². The molecule has 0 N–H and O–H groups in total. The van der Waals surface area contributed by atoms with E-state index in [9.17, 15) is 4.79 Å². The van der Waals surface area contributed by atoms with Crippen LogP contribution < -0.4 is 0 Å². The number of esters is 1.